The summed E-state index contributed by atoms with van der Waals surface area (Å²) >= 11 is 5.86. The van der Waals surface area contributed by atoms with Crippen LogP contribution in [0.3, 0.4) is 0 Å². The Balaban J connectivity index is 2.09. The van der Waals surface area contributed by atoms with Crippen molar-refractivity contribution in [3.05, 3.63) is 34.9 Å². The highest BCUT2D eigenvalue weighted by Crippen LogP contribution is 2.34. The van der Waals surface area contributed by atoms with E-state index in [1.807, 2.05) is 0 Å². The summed E-state index contributed by atoms with van der Waals surface area (Å²) in [4.78, 5) is 24.3. The minimum atomic E-state index is -1.12. The average molecular weight is 338 g/mol. The molecule has 0 aliphatic heterocycles. The molecule has 1 aliphatic rings. The Hall–Kier alpha value is -1.55. The van der Waals surface area contributed by atoms with Gasteiger partial charge < -0.3 is 10.4 Å². The number of rotatable bonds is 5. The summed E-state index contributed by atoms with van der Waals surface area (Å²) in [6.45, 7) is 3.91. The predicted octanol–water partition coefficient (Wildman–Crippen LogP) is 3.98. The average Bonchev–Trinajstić information content (AvgIpc) is 2.55. The Morgan fingerprint density at radius 3 is 2.35 bits per heavy atom. The molecular weight excluding hydrogens is 314 g/mol. The molecule has 2 rings (SSSR count). The zero-order chi connectivity index (χ0) is 17.0. The van der Waals surface area contributed by atoms with Gasteiger partial charge in [0.25, 0.3) is 0 Å². The lowest BCUT2D eigenvalue weighted by atomic mass is 9.75. The number of carbonyl (C=O) groups is 2. The SMILES string of the molecule is CCC1CCC(NC(=O)C(C)c2ccc(Cl)cc2)(C(=O)O)CC1. The normalized spacial score (nSPS) is 25.6. The van der Waals surface area contributed by atoms with Crippen LogP contribution < -0.4 is 5.32 Å². The number of benzene rings is 1. The molecule has 5 heteroatoms. The molecule has 2 N–H and O–H groups in total. The maximum Gasteiger partial charge on any atom is 0.329 e. The molecule has 4 nitrogen and oxygen atoms in total. The number of carboxylic acids is 1. The second-order valence-electron chi connectivity index (χ2n) is 6.50. The van der Waals surface area contributed by atoms with Crippen LogP contribution in [0.4, 0.5) is 0 Å². The van der Waals surface area contributed by atoms with Gasteiger partial charge in [0.15, 0.2) is 0 Å². The minimum Gasteiger partial charge on any atom is -0.480 e. The van der Waals surface area contributed by atoms with Crippen molar-refractivity contribution in [2.24, 2.45) is 5.92 Å². The third-order valence-electron chi connectivity index (χ3n) is 5.07. The van der Waals surface area contributed by atoms with Gasteiger partial charge in [0.05, 0.1) is 5.92 Å². The molecule has 1 aliphatic carbocycles. The molecule has 0 saturated heterocycles. The Morgan fingerprint density at radius 1 is 1.30 bits per heavy atom. The Morgan fingerprint density at radius 2 is 1.87 bits per heavy atom. The van der Waals surface area contributed by atoms with E-state index in [2.05, 4.69) is 12.2 Å². The molecule has 1 unspecified atom stereocenters. The maximum absolute atomic E-state index is 12.5. The fourth-order valence-electron chi connectivity index (χ4n) is 3.22. The molecule has 1 amide bonds. The monoisotopic (exact) mass is 337 g/mol. The summed E-state index contributed by atoms with van der Waals surface area (Å²) in [7, 11) is 0. The van der Waals surface area contributed by atoms with E-state index in [1.54, 1.807) is 31.2 Å². The number of hydrogen-bond acceptors (Lipinski definition) is 2. The van der Waals surface area contributed by atoms with Gasteiger partial charge in [0.1, 0.15) is 5.54 Å². The van der Waals surface area contributed by atoms with Crippen molar-refractivity contribution in [2.45, 2.75) is 57.4 Å². The van der Waals surface area contributed by atoms with Crippen LogP contribution in [0.5, 0.6) is 0 Å². The van der Waals surface area contributed by atoms with E-state index < -0.39 is 17.4 Å². The lowest BCUT2D eigenvalue weighted by Gasteiger charge is -2.37. The summed E-state index contributed by atoms with van der Waals surface area (Å²) < 4.78 is 0. The molecule has 1 aromatic carbocycles. The van der Waals surface area contributed by atoms with E-state index in [4.69, 9.17) is 11.6 Å². The van der Waals surface area contributed by atoms with Crippen molar-refractivity contribution in [1.82, 2.24) is 5.32 Å². The molecule has 0 heterocycles. The predicted molar refractivity (Wildman–Crippen MR) is 90.6 cm³/mol. The van der Waals surface area contributed by atoms with Gasteiger partial charge in [-0.25, -0.2) is 4.79 Å². The first-order valence-electron chi connectivity index (χ1n) is 8.19. The third-order valence-corrected chi connectivity index (χ3v) is 5.32. The molecular formula is C18H24ClNO3. The van der Waals surface area contributed by atoms with Gasteiger partial charge in [-0.2, -0.15) is 0 Å². The van der Waals surface area contributed by atoms with Crippen molar-refractivity contribution in [2.75, 3.05) is 0 Å². The standard InChI is InChI=1S/C18H24ClNO3/c1-3-13-8-10-18(11-9-13,17(22)23)20-16(21)12(2)14-4-6-15(19)7-5-14/h4-7,12-13H,3,8-11H2,1-2H3,(H,20,21)(H,22,23). The third kappa shape index (κ3) is 4.05. The van der Waals surface area contributed by atoms with Gasteiger partial charge in [-0.05, 0) is 56.2 Å². The van der Waals surface area contributed by atoms with Crippen LogP contribution in [0.25, 0.3) is 0 Å². The van der Waals surface area contributed by atoms with Crippen molar-refractivity contribution in [3.63, 3.8) is 0 Å². The fraction of sp³-hybridized carbons (Fsp3) is 0.556. The maximum atomic E-state index is 12.5. The molecule has 1 aromatic rings. The van der Waals surface area contributed by atoms with Crippen LogP contribution in [0.1, 0.15) is 57.4 Å². The summed E-state index contributed by atoms with van der Waals surface area (Å²) in [5.41, 5.74) is -0.293. The van der Waals surface area contributed by atoms with Gasteiger partial charge >= 0.3 is 5.97 Å². The fourth-order valence-corrected chi connectivity index (χ4v) is 3.34. The summed E-state index contributed by atoms with van der Waals surface area (Å²) in [6, 6.07) is 7.07. The van der Waals surface area contributed by atoms with Gasteiger partial charge in [-0.1, -0.05) is 37.1 Å². The number of carboxylic acid groups (broad SMARTS) is 1. The van der Waals surface area contributed by atoms with E-state index in [0.717, 1.165) is 24.8 Å². The number of nitrogens with one attached hydrogen (secondary N) is 1. The Bertz CT molecular complexity index is 562. The van der Waals surface area contributed by atoms with E-state index in [0.29, 0.717) is 23.8 Å². The van der Waals surface area contributed by atoms with Crippen molar-refractivity contribution < 1.29 is 14.7 Å². The first-order chi connectivity index (χ1) is 10.9. The minimum absolute atomic E-state index is 0.246. The molecule has 126 valence electrons. The van der Waals surface area contributed by atoms with Gasteiger partial charge in [-0.3, -0.25) is 4.79 Å². The molecule has 0 bridgehead atoms. The van der Waals surface area contributed by atoms with E-state index >= 15 is 0 Å². The number of amides is 1. The van der Waals surface area contributed by atoms with Gasteiger partial charge in [0.2, 0.25) is 5.91 Å². The molecule has 1 saturated carbocycles. The smallest absolute Gasteiger partial charge is 0.329 e. The lowest BCUT2D eigenvalue weighted by Crippen LogP contribution is -2.57. The van der Waals surface area contributed by atoms with Crippen LogP contribution in [0.15, 0.2) is 24.3 Å². The molecule has 0 radical (unpaired) electrons. The van der Waals surface area contributed by atoms with Crippen molar-refractivity contribution in [1.29, 1.82) is 0 Å². The summed E-state index contributed by atoms with van der Waals surface area (Å²) in [6.07, 6.45) is 3.75. The Kier molecular flexibility index (Phi) is 5.69. The first-order valence-corrected chi connectivity index (χ1v) is 8.56. The second-order valence-corrected chi connectivity index (χ2v) is 6.94. The van der Waals surface area contributed by atoms with Gasteiger partial charge in [-0.15, -0.1) is 0 Å². The number of aliphatic carboxylic acids is 1. The quantitative estimate of drug-likeness (QED) is 0.853. The van der Waals surface area contributed by atoms with E-state index in [9.17, 15) is 14.7 Å². The lowest BCUT2D eigenvalue weighted by molar-refractivity contribution is -0.150. The topological polar surface area (TPSA) is 66.4 Å². The molecule has 23 heavy (non-hydrogen) atoms. The highest BCUT2D eigenvalue weighted by atomic mass is 35.5. The number of hydrogen-bond donors (Lipinski definition) is 2. The van der Waals surface area contributed by atoms with Crippen LogP contribution in [-0.2, 0) is 9.59 Å². The number of carbonyl (C=O) groups excluding carboxylic acids is 1. The zero-order valence-electron chi connectivity index (χ0n) is 13.6. The van der Waals surface area contributed by atoms with Crippen molar-refractivity contribution in [3.8, 4) is 0 Å². The highest BCUT2D eigenvalue weighted by molar-refractivity contribution is 6.30. The molecule has 0 aromatic heterocycles. The second kappa shape index (κ2) is 7.35. The van der Waals surface area contributed by atoms with Crippen LogP contribution in [0.2, 0.25) is 5.02 Å². The van der Waals surface area contributed by atoms with E-state index in [1.165, 1.54) is 0 Å². The summed E-state index contributed by atoms with van der Waals surface area (Å²) in [5.74, 6) is -1.02. The van der Waals surface area contributed by atoms with E-state index in [-0.39, 0.29) is 5.91 Å². The molecule has 1 atom stereocenters. The first kappa shape index (κ1) is 17.8. The number of halogens is 1. The zero-order valence-corrected chi connectivity index (χ0v) is 14.4. The van der Waals surface area contributed by atoms with Crippen LogP contribution in [-0.4, -0.2) is 22.5 Å². The molecule has 1 fully saturated rings. The van der Waals surface area contributed by atoms with Crippen molar-refractivity contribution >= 4 is 23.5 Å². The Labute approximate surface area is 142 Å². The van der Waals surface area contributed by atoms with Gasteiger partial charge in [0, 0.05) is 5.02 Å². The van der Waals surface area contributed by atoms with Crippen LogP contribution in [0, 0.1) is 5.92 Å². The highest BCUT2D eigenvalue weighted by Gasteiger charge is 2.43. The van der Waals surface area contributed by atoms with Crippen LogP contribution >= 0.6 is 11.6 Å². The largest absolute Gasteiger partial charge is 0.480 e. The summed E-state index contributed by atoms with van der Waals surface area (Å²) in [5, 5.41) is 13.1. The molecule has 0 spiro atoms.